The Morgan fingerprint density at radius 1 is 0.970 bits per heavy atom. The molecule has 0 radical (unpaired) electrons. The van der Waals surface area contributed by atoms with Gasteiger partial charge in [-0.05, 0) is 54.3 Å². The SMILES string of the molecule is Cc1cc(NC(=O)c2ccccc2Cl)sc1C(=O)NCc1cccc(NC(=O)CC(C)C)c1. The second kappa shape index (κ2) is 11.1. The molecule has 3 amide bonds. The lowest BCUT2D eigenvalue weighted by atomic mass is 10.1. The van der Waals surface area contributed by atoms with Gasteiger partial charge in [0.05, 0.1) is 20.5 Å². The van der Waals surface area contributed by atoms with E-state index >= 15 is 0 Å². The molecular weight excluding hydrogens is 458 g/mol. The second-order valence-corrected chi connectivity index (χ2v) is 9.55. The zero-order chi connectivity index (χ0) is 24.0. The Hall–Kier alpha value is -3.16. The largest absolute Gasteiger partial charge is 0.347 e. The molecule has 0 unspecified atom stereocenters. The highest BCUT2D eigenvalue weighted by Gasteiger charge is 2.16. The summed E-state index contributed by atoms with van der Waals surface area (Å²) in [6.07, 6.45) is 0.452. The van der Waals surface area contributed by atoms with Gasteiger partial charge in [-0.15, -0.1) is 11.3 Å². The first-order valence-corrected chi connectivity index (χ1v) is 11.8. The van der Waals surface area contributed by atoms with Crippen molar-refractivity contribution >= 4 is 51.3 Å². The number of thiophene rings is 1. The van der Waals surface area contributed by atoms with Gasteiger partial charge in [-0.3, -0.25) is 14.4 Å². The first-order valence-electron chi connectivity index (χ1n) is 10.6. The molecule has 0 aliphatic heterocycles. The van der Waals surface area contributed by atoms with E-state index in [-0.39, 0.29) is 23.6 Å². The molecule has 0 saturated heterocycles. The van der Waals surface area contributed by atoms with Gasteiger partial charge in [0.2, 0.25) is 5.91 Å². The molecule has 2 aromatic carbocycles. The van der Waals surface area contributed by atoms with Crippen molar-refractivity contribution < 1.29 is 14.4 Å². The quantitative estimate of drug-likeness (QED) is 0.374. The number of carbonyl (C=O) groups is 3. The lowest BCUT2D eigenvalue weighted by molar-refractivity contribution is -0.116. The van der Waals surface area contributed by atoms with Crippen LogP contribution in [0.1, 0.15) is 51.4 Å². The minimum atomic E-state index is -0.329. The first kappa shape index (κ1) is 24.5. The van der Waals surface area contributed by atoms with Crippen LogP contribution < -0.4 is 16.0 Å². The van der Waals surface area contributed by atoms with Gasteiger partial charge in [0.1, 0.15) is 0 Å². The molecule has 1 aromatic heterocycles. The fourth-order valence-corrected chi connectivity index (χ4v) is 4.40. The zero-order valence-corrected chi connectivity index (χ0v) is 20.3. The number of aryl methyl sites for hydroxylation is 1. The number of benzene rings is 2. The van der Waals surface area contributed by atoms with E-state index in [1.54, 1.807) is 30.3 Å². The molecule has 0 bridgehead atoms. The van der Waals surface area contributed by atoms with Gasteiger partial charge in [-0.25, -0.2) is 0 Å². The molecule has 3 aromatic rings. The summed E-state index contributed by atoms with van der Waals surface area (Å²) in [7, 11) is 0. The molecule has 3 rings (SSSR count). The molecule has 0 aliphatic carbocycles. The Bertz CT molecular complexity index is 1170. The van der Waals surface area contributed by atoms with Crippen molar-refractivity contribution in [1.82, 2.24) is 5.32 Å². The number of anilines is 2. The number of nitrogens with one attached hydrogen (secondary N) is 3. The van der Waals surface area contributed by atoms with Crippen LogP contribution >= 0.6 is 22.9 Å². The van der Waals surface area contributed by atoms with E-state index < -0.39 is 0 Å². The molecule has 172 valence electrons. The van der Waals surface area contributed by atoms with Crippen LogP contribution in [0.25, 0.3) is 0 Å². The van der Waals surface area contributed by atoms with E-state index in [4.69, 9.17) is 11.6 Å². The summed E-state index contributed by atoms with van der Waals surface area (Å²) in [5, 5.41) is 9.52. The third kappa shape index (κ3) is 6.91. The number of amides is 3. The van der Waals surface area contributed by atoms with E-state index in [0.717, 1.165) is 11.1 Å². The van der Waals surface area contributed by atoms with Crippen LogP contribution in [0.4, 0.5) is 10.7 Å². The van der Waals surface area contributed by atoms with Gasteiger partial charge in [-0.1, -0.05) is 49.7 Å². The minimum absolute atomic E-state index is 0.0354. The molecule has 0 saturated carbocycles. The molecule has 0 fully saturated rings. The van der Waals surface area contributed by atoms with Crippen molar-refractivity contribution in [3.05, 3.63) is 81.2 Å². The molecular formula is C25H26ClN3O3S. The molecule has 33 heavy (non-hydrogen) atoms. The van der Waals surface area contributed by atoms with Crippen LogP contribution in [0.5, 0.6) is 0 Å². The number of halogens is 1. The molecule has 1 heterocycles. The first-order chi connectivity index (χ1) is 15.7. The molecule has 0 aliphatic rings. The summed E-state index contributed by atoms with van der Waals surface area (Å²) in [6, 6.07) is 15.9. The van der Waals surface area contributed by atoms with Gasteiger partial charge in [0.15, 0.2) is 0 Å². The van der Waals surface area contributed by atoms with Gasteiger partial charge >= 0.3 is 0 Å². The van der Waals surface area contributed by atoms with Crippen molar-refractivity contribution in [3.8, 4) is 0 Å². The van der Waals surface area contributed by atoms with E-state index in [2.05, 4.69) is 16.0 Å². The topological polar surface area (TPSA) is 87.3 Å². The van der Waals surface area contributed by atoms with E-state index in [1.165, 1.54) is 11.3 Å². The van der Waals surface area contributed by atoms with E-state index in [0.29, 0.717) is 39.1 Å². The van der Waals surface area contributed by atoms with Crippen molar-refractivity contribution in [3.63, 3.8) is 0 Å². The number of rotatable bonds is 8. The van der Waals surface area contributed by atoms with Crippen molar-refractivity contribution in [1.29, 1.82) is 0 Å². The predicted octanol–water partition coefficient (Wildman–Crippen LogP) is 5.88. The maximum Gasteiger partial charge on any atom is 0.261 e. The third-order valence-corrected chi connectivity index (χ3v) is 6.22. The summed E-state index contributed by atoms with van der Waals surface area (Å²) in [4.78, 5) is 37.7. The molecule has 6 nitrogen and oxygen atoms in total. The van der Waals surface area contributed by atoms with E-state index in [9.17, 15) is 14.4 Å². The Morgan fingerprint density at radius 3 is 2.45 bits per heavy atom. The predicted molar refractivity (Wildman–Crippen MR) is 134 cm³/mol. The molecule has 0 spiro atoms. The van der Waals surface area contributed by atoms with Gasteiger partial charge in [0, 0.05) is 18.7 Å². The smallest absolute Gasteiger partial charge is 0.261 e. The number of hydrogen-bond acceptors (Lipinski definition) is 4. The highest BCUT2D eigenvalue weighted by atomic mass is 35.5. The Morgan fingerprint density at radius 2 is 1.73 bits per heavy atom. The van der Waals surface area contributed by atoms with Crippen LogP contribution in [0, 0.1) is 12.8 Å². The average molecular weight is 484 g/mol. The summed E-state index contributed by atoms with van der Waals surface area (Å²) in [5.41, 5.74) is 2.70. The van der Waals surface area contributed by atoms with Crippen LogP contribution in [0.2, 0.25) is 5.02 Å². The average Bonchev–Trinajstić information content (AvgIpc) is 3.12. The highest BCUT2D eigenvalue weighted by molar-refractivity contribution is 7.18. The summed E-state index contributed by atoms with van der Waals surface area (Å²) < 4.78 is 0. The van der Waals surface area contributed by atoms with Crippen LogP contribution in [0.15, 0.2) is 54.6 Å². The third-order valence-electron chi connectivity index (χ3n) is 4.74. The van der Waals surface area contributed by atoms with Crippen LogP contribution in [0.3, 0.4) is 0 Å². The van der Waals surface area contributed by atoms with Gasteiger partial charge in [0.25, 0.3) is 11.8 Å². The zero-order valence-electron chi connectivity index (χ0n) is 18.7. The van der Waals surface area contributed by atoms with E-state index in [1.807, 2.05) is 45.0 Å². The Labute approximate surface area is 202 Å². The van der Waals surface area contributed by atoms with Gasteiger partial charge in [-0.2, -0.15) is 0 Å². The van der Waals surface area contributed by atoms with Crippen LogP contribution in [-0.2, 0) is 11.3 Å². The highest BCUT2D eigenvalue weighted by Crippen LogP contribution is 2.28. The second-order valence-electron chi connectivity index (χ2n) is 8.09. The normalized spacial score (nSPS) is 10.7. The molecule has 8 heteroatoms. The lowest BCUT2D eigenvalue weighted by Crippen LogP contribution is -2.22. The number of hydrogen-bond donors (Lipinski definition) is 3. The van der Waals surface area contributed by atoms with Gasteiger partial charge < -0.3 is 16.0 Å². The maximum atomic E-state index is 12.7. The summed E-state index contributed by atoms with van der Waals surface area (Å²) >= 11 is 7.29. The fraction of sp³-hybridized carbons (Fsp3) is 0.240. The lowest BCUT2D eigenvalue weighted by Gasteiger charge is -2.09. The summed E-state index contributed by atoms with van der Waals surface area (Å²) in [5.74, 6) is -0.317. The Kier molecular flexibility index (Phi) is 8.25. The van der Waals surface area contributed by atoms with Crippen LogP contribution in [-0.4, -0.2) is 17.7 Å². The molecule has 3 N–H and O–H groups in total. The number of carbonyl (C=O) groups excluding carboxylic acids is 3. The maximum absolute atomic E-state index is 12.7. The monoisotopic (exact) mass is 483 g/mol. The standard InChI is InChI=1S/C25H26ClN3O3S/c1-15(2)11-21(30)28-18-8-6-7-17(13-18)14-27-25(32)23-16(3)12-22(33-23)29-24(31)19-9-4-5-10-20(19)26/h4-10,12-13,15H,11,14H2,1-3H3,(H,27,32)(H,28,30)(H,29,31). The minimum Gasteiger partial charge on any atom is -0.347 e. The van der Waals surface area contributed by atoms with Crippen molar-refractivity contribution in [2.24, 2.45) is 5.92 Å². The Balaban J connectivity index is 1.61. The summed E-state index contributed by atoms with van der Waals surface area (Å²) in [6.45, 7) is 6.12. The van der Waals surface area contributed by atoms with Crippen molar-refractivity contribution in [2.45, 2.75) is 33.7 Å². The van der Waals surface area contributed by atoms with Crippen molar-refractivity contribution in [2.75, 3.05) is 10.6 Å². The molecule has 0 atom stereocenters. The fourth-order valence-electron chi connectivity index (χ4n) is 3.20.